The fraction of sp³-hybridized carbons (Fsp3) is 0.278. The summed E-state index contributed by atoms with van der Waals surface area (Å²) in [6, 6.07) is 28.7. The third-order valence-electron chi connectivity index (χ3n) is 7.46. The van der Waals surface area contributed by atoms with Gasteiger partial charge in [0.1, 0.15) is 18.3 Å². The Morgan fingerprint density at radius 2 is 1.50 bits per heavy atom. The molecule has 1 atom stereocenters. The molecule has 0 aliphatic carbocycles. The highest BCUT2D eigenvalue weighted by atomic mass is 35.5. The number of amides is 2. The second-order valence-corrected chi connectivity index (χ2v) is 13.8. The number of aryl methyl sites for hydroxylation is 1. The molecule has 0 unspecified atom stereocenters. The number of ether oxygens (including phenoxy) is 1. The van der Waals surface area contributed by atoms with Crippen LogP contribution in [0.25, 0.3) is 0 Å². The van der Waals surface area contributed by atoms with Crippen LogP contribution in [0.4, 0.5) is 5.69 Å². The molecule has 0 spiro atoms. The van der Waals surface area contributed by atoms with Crippen LogP contribution in [0.1, 0.15) is 30.5 Å². The molecule has 0 bridgehead atoms. The normalized spacial score (nSPS) is 12.0. The maximum atomic E-state index is 14.5. The van der Waals surface area contributed by atoms with Crippen LogP contribution in [-0.2, 0) is 32.6 Å². The SMILES string of the molecule is COc1ccc(N(CC(=O)N(Cc2ccc(C)cc2)[C@@H](Cc2ccccc2)C(=O)NCC(C)C)S(=O)(=O)c2ccccc2)cc1Cl. The molecule has 8 nitrogen and oxygen atoms in total. The Balaban J connectivity index is 1.81. The summed E-state index contributed by atoms with van der Waals surface area (Å²) in [6.07, 6.45) is 0.238. The molecule has 2 amide bonds. The van der Waals surface area contributed by atoms with Crippen molar-refractivity contribution in [3.8, 4) is 5.75 Å². The van der Waals surface area contributed by atoms with Crippen molar-refractivity contribution in [1.82, 2.24) is 10.2 Å². The predicted octanol–water partition coefficient (Wildman–Crippen LogP) is 6.26. The molecule has 0 saturated carbocycles. The zero-order valence-electron chi connectivity index (χ0n) is 26.5. The minimum atomic E-state index is -4.24. The summed E-state index contributed by atoms with van der Waals surface area (Å²) in [5.41, 5.74) is 2.90. The van der Waals surface area contributed by atoms with Gasteiger partial charge in [-0.15, -0.1) is 0 Å². The molecule has 4 aromatic carbocycles. The zero-order chi connectivity index (χ0) is 33.3. The first kappa shape index (κ1) is 34.5. The molecule has 1 N–H and O–H groups in total. The van der Waals surface area contributed by atoms with Crippen molar-refractivity contribution in [2.75, 3.05) is 24.5 Å². The molecule has 242 valence electrons. The second-order valence-electron chi connectivity index (χ2n) is 11.5. The Morgan fingerprint density at radius 3 is 2.09 bits per heavy atom. The van der Waals surface area contributed by atoms with E-state index in [2.05, 4.69) is 5.32 Å². The van der Waals surface area contributed by atoms with E-state index in [1.54, 1.807) is 30.3 Å². The maximum Gasteiger partial charge on any atom is 0.264 e. The van der Waals surface area contributed by atoms with Gasteiger partial charge >= 0.3 is 0 Å². The molecule has 0 fully saturated rings. The number of methoxy groups -OCH3 is 1. The Bertz CT molecular complexity index is 1720. The monoisotopic (exact) mass is 661 g/mol. The molecule has 0 aromatic heterocycles. The average Bonchev–Trinajstić information content (AvgIpc) is 3.05. The number of carbonyl (C=O) groups excluding carboxylic acids is 2. The molecule has 0 saturated heterocycles. The van der Waals surface area contributed by atoms with E-state index < -0.39 is 28.5 Å². The number of anilines is 1. The van der Waals surface area contributed by atoms with Gasteiger partial charge in [0.25, 0.3) is 10.0 Å². The van der Waals surface area contributed by atoms with E-state index in [0.29, 0.717) is 12.3 Å². The van der Waals surface area contributed by atoms with Crippen LogP contribution in [0.5, 0.6) is 5.75 Å². The van der Waals surface area contributed by atoms with Crippen LogP contribution in [0.3, 0.4) is 0 Å². The van der Waals surface area contributed by atoms with Crippen molar-refractivity contribution in [1.29, 1.82) is 0 Å². The topological polar surface area (TPSA) is 96.0 Å². The van der Waals surface area contributed by atoms with E-state index in [1.807, 2.05) is 75.4 Å². The highest BCUT2D eigenvalue weighted by Gasteiger charge is 2.35. The van der Waals surface area contributed by atoms with E-state index in [1.165, 1.54) is 30.2 Å². The molecule has 46 heavy (non-hydrogen) atoms. The molecule has 4 rings (SSSR count). The van der Waals surface area contributed by atoms with E-state index in [-0.39, 0.29) is 40.4 Å². The maximum absolute atomic E-state index is 14.5. The van der Waals surface area contributed by atoms with Crippen molar-refractivity contribution in [3.05, 3.63) is 125 Å². The van der Waals surface area contributed by atoms with Gasteiger partial charge in [-0.3, -0.25) is 13.9 Å². The van der Waals surface area contributed by atoms with Crippen LogP contribution in [-0.4, -0.2) is 51.4 Å². The lowest BCUT2D eigenvalue weighted by Gasteiger charge is -2.34. The van der Waals surface area contributed by atoms with Crippen molar-refractivity contribution in [2.45, 2.75) is 44.7 Å². The zero-order valence-corrected chi connectivity index (χ0v) is 28.1. The first-order chi connectivity index (χ1) is 22.0. The summed E-state index contributed by atoms with van der Waals surface area (Å²) in [5.74, 6) is -0.316. The van der Waals surface area contributed by atoms with Crippen molar-refractivity contribution >= 4 is 39.1 Å². The number of halogens is 1. The molecule has 0 aliphatic rings. The molecular formula is C36H40ClN3O5S. The average molecular weight is 662 g/mol. The third kappa shape index (κ3) is 8.89. The minimum Gasteiger partial charge on any atom is -0.495 e. The van der Waals surface area contributed by atoms with Crippen molar-refractivity contribution in [2.24, 2.45) is 5.92 Å². The Morgan fingerprint density at radius 1 is 0.870 bits per heavy atom. The van der Waals surface area contributed by atoms with Gasteiger partial charge in [-0.2, -0.15) is 0 Å². The summed E-state index contributed by atoms with van der Waals surface area (Å²) in [4.78, 5) is 29.9. The number of sulfonamides is 1. The molecule has 0 aliphatic heterocycles. The summed E-state index contributed by atoms with van der Waals surface area (Å²) >= 11 is 6.44. The first-order valence-corrected chi connectivity index (χ1v) is 16.9. The van der Waals surface area contributed by atoms with Crippen LogP contribution >= 0.6 is 11.6 Å². The minimum absolute atomic E-state index is 0.00957. The number of carbonyl (C=O) groups is 2. The van der Waals surface area contributed by atoms with Gasteiger partial charge in [0, 0.05) is 19.5 Å². The Labute approximate surface area is 277 Å². The van der Waals surface area contributed by atoms with Crippen LogP contribution in [0.2, 0.25) is 5.02 Å². The molecular weight excluding hydrogens is 622 g/mol. The lowest BCUT2D eigenvalue weighted by Crippen LogP contribution is -2.53. The van der Waals surface area contributed by atoms with Gasteiger partial charge in [0.15, 0.2) is 0 Å². The number of hydrogen-bond acceptors (Lipinski definition) is 5. The molecule has 0 radical (unpaired) electrons. The van der Waals surface area contributed by atoms with E-state index in [0.717, 1.165) is 21.0 Å². The van der Waals surface area contributed by atoms with Crippen LogP contribution in [0, 0.1) is 12.8 Å². The summed E-state index contributed by atoms with van der Waals surface area (Å²) < 4.78 is 34.6. The fourth-order valence-electron chi connectivity index (χ4n) is 4.93. The second kappa shape index (κ2) is 15.8. The van der Waals surface area contributed by atoms with Crippen molar-refractivity contribution in [3.63, 3.8) is 0 Å². The largest absolute Gasteiger partial charge is 0.495 e. The lowest BCUT2D eigenvalue weighted by molar-refractivity contribution is -0.140. The molecule has 0 heterocycles. The number of benzene rings is 4. The Kier molecular flexibility index (Phi) is 11.8. The van der Waals surface area contributed by atoms with Gasteiger partial charge in [0.05, 0.1) is 22.7 Å². The molecule has 10 heteroatoms. The number of rotatable bonds is 14. The van der Waals surface area contributed by atoms with E-state index in [9.17, 15) is 18.0 Å². The smallest absolute Gasteiger partial charge is 0.264 e. The highest BCUT2D eigenvalue weighted by molar-refractivity contribution is 7.92. The van der Waals surface area contributed by atoms with Crippen LogP contribution < -0.4 is 14.4 Å². The lowest BCUT2D eigenvalue weighted by atomic mass is 10.0. The first-order valence-electron chi connectivity index (χ1n) is 15.1. The summed E-state index contributed by atoms with van der Waals surface area (Å²) in [7, 11) is -2.78. The fourth-order valence-corrected chi connectivity index (χ4v) is 6.60. The van der Waals surface area contributed by atoms with Gasteiger partial charge in [-0.25, -0.2) is 8.42 Å². The van der Waals surface area contributed by atoms with Gasteiger partial charge in [0.2, 0.25) is 11.8 Å². The molecule has 4 aromatic rings. The predicted molar refractivity (Wildman–Crippen MR) is 182 cm³/mol. The van der Waals surface area contributed by atoms with E-state index in [4.69, 9.17) is 16.3 Å². The quantitative estimate of drug-likeness (QED) is 0.172. The van der Waals surface area contributed by atoms with E-state index >= 15 is 0 Å². The number of hydrogen-bond donors (Lipinski definition) is 1. The number of nitrogens with one attached hydrogen (secondary N) is 1. The summed E-state index contributed by atoms with van der Waals surface area (Å²) in [5, 5.41) is 3.19. The standard InChI is InChI=1S/C36H40ClN3O5S/c1-26(2)23-38-36(42)33(21-28-11-7-5-8-12-28)39(24-29-17-15-27(3)16-18-29)35(41)25-40(30-19-20-34(45-4)32(37)22-30)46(43,44)31-13-9-6-10-14-31/h5-20,22,26,33H,21,23-25H2,1-4H3,(H,38,42)/t33-/m0/s1. The van der Waals surface area contributed by atoms with Gasteiger partial charge in [-0.1, -0.05) is 104 Å². The Hall–Kier alpha value is -4.34. The number of nitrogens with zero attached hydrogens (tertiary/aromatic N) is 2. The van der Waals surface area contributed by atoms with Crippen molar-refractivity contribution < 1.29 is 22.7 Å². The third-order valence-corrected chi connectivity index (χ3v) is 9.55. The summed E-state index contributed by atoms with van der Waals surface area (Å²) in [6.45, 7) is 5.90. The van der Waals surface area contributed by atoms with Gasteiger partial charge in [-0.05, 0) is 54.3 Å². The van der Waals surface area contributed by atoms with Gasteiger partial charge < -0.3 is 15.0 Å². The highest BCUT2D eigenvalue weighted by Crippen LogP contribution is 2.32. The van der Waals surface area contributed by atoms with Crippen LogP contribution in [0.15, 0.2) is 108 Å².